The minimum absolute atomic E-state index is 0.0680. The molecule has 0 saturated carbocycles. The van der Waals surface area contributed by atoms with E-state index in [1.807, 2.05) is 0 Å². The zero-order valence-electron chi connectivity index (χ0n) is 13.6. The highest BCUT2D eigenvalue weighted by atomic mass is 16.2. The van der Waals surface area contributed by atoms with Gasteiger partial charge in [0.15, 0.2) is 0 Å². The lowest BCUT2D eigenvalue weighted by molar-refractivity contribution is -0.126. The van der Waals surface area contributed by atoms with Gasteiger partial charge in [0.2, 0.25) is 5.91 Å². The summed E-state index contributed by atoms with van der Waals surface area (Å²) in [6.07, 6.45) is 1.10. The molecule has 3 unspecified atom stereocenters. The number of nitrogens with one attached hydrogen (secondary N) is 2. The summed E-state index contributed by atoms with van der Waals surface area (Å²) in [5, 5.41) is 6.43. The van der Waals surface area contributed by atoms with E-state index in [1.54, 1.807) is 0 Å². The molecule has 1 aromatic rings. The van der Waals surface area contributed by atoms with Crippen molar-refractivity contribution in [1.82, 2.24) is 10.6 Å². The smallest absolute Gasteiger partial charge is 0.225 e. The highest BCUT2D eigenvalue weighted by Gasteiger charge is 2.30. The number of hydrogen-bond donors (Lipinski definition) is 2. The lowest BCUT2D eigenvalue weighted by Gasteiger charge is -2.19. The van der Waals surface area contributed by atoms with Gasteiger partial charge in [-0.3, -0.25) is 4.79 Å². The molecular weight excluding hydrogens is 260 g/mol. The van der Waals surface area contributed by atoms with Crippen molar-refractivity contribution in [2.24, 2.45) is 17.8 Å². The van der Waals surface area contributed by atoms with Gasteiger partial charge >= 0.3 is 0 Å². The lowest BCUT2D eigenvalue weighted by Crippen LogP contribution is -2.35. The molecule has 116 valence electrons. The first-order valence-electron chi connectivity index (χ1n) is 8.07. The van der Waals surface area contributed by atoms with Crippen LogP contribution in [-0.4, -0.2) is 19.0 Å². The molecule has 1 fully saturated rings. The highest BCUT2D eigenvalue weighted by molar-refractivity contribution is 5.80. The molecule has 0 spiro atoms. The van der Waals surface area contributed by atoms with E-state index < -0.39 is 0 Å². The zero-order valence-corrected chi connectivity index (χ0v) is 13.6. The number of rotatable bonds is 5. The van der Waals surface area contributed by atoms with Crippen molar-refractivity contribution in [2.75, 3.05) is 13.1 Å². The maximum atomic E-state index is 12.3. The van der Waals surface area contributed by atoms with E-state index in [1.165, 1.54) is 11.1 Å². The molecule has 1 amide bonds. The largest absolute Gasteiger partial charge is 0.349 e. The van der Waals surface area contributed by atoms with Crippen LogP contribution in [0.4, 0.5) is 0 Å². The van der Waals surface area contributed by atoms with Crippen LogP contribution < -0.4 is 10.6 Å². The van der Waals surface area contributed by atoms with E-state index >= 15 is 0 Å². The third-order valence-corrected chi connectivity index (χ3v) is 4.34. The number of carbonyl (C=O) groups excluding carboxylic acids is 1. The predicted octanol–water partition coefficient (Wildman–Crippen LogP) is 2.92. The third-order valence-electron chi connectivity index (χ3n) is 4.34. The molecule has 21 heavy (non-hydrogen) atoms. The van der Waals surface area contributed by atoms with E-state index in [2.05, 4.69) is 62.6 Å². The van der Waals surface area contributed by atoms with E-state index in [9.17, 15) is 4.79 Å². The number of hydrogen-bond acceptors (Lipinski definition) is 2. The first-order chi connectivity index (χ1) is 9.97. The fraction of sp³-hybridized carbons (Fsp3) is 0.611. The monoisotopic (exact) mass is 288 g/mol. The molecule has 1 aromatic carbocycles. The second-order valence-electron chi connectivity index (χ2n) is 6.81. The maximum Gasteiger partial charge on any atom is 0.225 e. The number of amides is 1. The second-order valence-corrected chi connectivity index (χ2v) is 6.81. The van der Waals surface area contributed by atoms with Crippen molar-refractivity contribution >= 4 is 5.91 Å². The van der Waals surface area contributed by atoms with Crippen molar-refractivity contribution in [3.63, 3.8) is 0 Å². The van der Waals surface area contributed by atoms with Crippen LogP contribution >= 0.6 is 0 Å². The van der Waals surface area contributed by atoms with Gasteiger partial charge in [-0.05, 0) is 42.9 Å². The Bertz CT molecular complexity index is 467. The molecule has 1 aliphatic rings. The van der Waals surface area contributed by atoms with Gasteiger partial charge < -0.3 is 10.6 Å². The minimum atomic E-state index is 0.0680. The van der Waals surface area contributed by atoms with Crippen LogP contribution in [0, 0.1) is 17.8 Å². The van der Waals surface area contributed by atoms with Crippen molar-refractivity contribution in [1.29, 1.82) is 0 Å². The summed E-state index contributed by atoms with van der Waals surface area (Å²) in [5.74, 6) is 1.37. The van der Waals surface area contributed by atoms with Gasteiger partial charge in [0.05, 0.1) is 12.0 Å². The zero-order chi connectivity index (χ0) is 15.4. The Kier molecular flexibility index (Phi) is 5.40. The molecule has 3 atom stereocenters. The number of carbonyl (C=O) groups is 1. The molecule has 0 aliphatic carbocycles. The molecular formula is C18H28N2O. The van der Waals surface area contributed by atoms with Crippen molar-refractivity contribution < 1.29 is 4.79 Å². The molecule has 0 radical (unpaired) electrons. The summed E-state index contributed by atoms with van der Waals surface area (Å²) < 4.78 is 0. The van der Waals surface area contributed by atoms with E-state index in [0.29, 0.717) is 11.8 Å². The molecule has 1 saturated heterocycles. The summed E-state index contributed by atoms with van der Waals surface area (Å²) in [7, 11) is 0. The van der Waals surface area contributed by atoms with Crippen LogP contribution in [0.1, 0.15) is 44.9 Å². The van der Waals surface area contributed by atoms with Gasteiger partial charge in [-0.1, -0.05) is 45.0 Å². The SMILES string of the molecule is CC(C)Cc1ccc(C(C)NC(=O)C2CNCC2C)cc1. The van der Waals surface area contributed by atoms with Crippen molar-refractivity contribution in [3.8, 4) is 0 Å². The molecule has 2 N–H and O–H groups in total. The predicted molar refractivity (Wildman–Crippen MR) is 87.1 cm³/mol. The average molecular weight is 288 g/mol. The first kappa shape index (κ1) is 16.0. The molecule has 3 heteroatoms. The van der Waals surface area contributed by atoms with E-state index in [4.69, 9.17) is 0 Å². The topological polar surface area (TPSA) is 41.1 Å². The first-order valence-corrected chi connectivity index (χ1v) is 8.07. The maximum absolute atomic E-state index is 12.3. The van der Waals surface area contributed by atoms with Gasteiger partial charge in [0, 0.05) is 6.54 Å². The standard InChI is InChI=1S/C18H28N2O/c1-12(2)9-15-5-7-16(8-6-15)14(4)20-18(21)17-11-19-10-13(17)3/h5-8,12-14,17,19H,9-11H2,1-4H3,(H,20,21). The molecule has 0 bridgehead atoms. The average Bonchev–Trinajstić information content (AvgIpc) is 2.85. The summed E-state index contributed by atoms with van der Waals surface area (Å²) in [6.45, 7) is 10.4. The summed E-state index contributed by atoms with van der Waals surface area (Å²) in [4.78, 5) is 12.3. The van der Waals surface area contributed by atoms with Crippen LogP contribution in [0.5, 0.6) is 0 Å². The Morgan fingerprint density at radius 2 is 1.90 bits per heavy atom. The van der Waals surface area contributed by atoms with Crippen LogP contribution in [0.15, 0.2) is 24.3 Å². The molecule has 1 heterocycles. The Morgan fingerprint density at radius 1 is 1.24 bits per heavy atom. The van der Waals surface area contributed by atoms with E-state index in [0.717, 1.165) is 19.5 Å². The fourth-order valence-corrected chi connectivity index (χ4v) is 2.98. The molecule has 3 nitrogen and oxygen atoms in total. The molecule has 0 aromatic heterocycles. The van der Waals surface area contributed by atoms with Gasteiger partial charge in [-0.25, -0.2) is 0 Å². The van der Waals surface area contributed by atoms with E-state index in [-0.39, 0.29) is 17.9 Å². The third kappa shape index (κ3) is 4.31. The quantitative estimate of drug-likeness (QED) is 0.874. The fourth-order valence-electron chi connectivity index (χ4n) is 2.98. The Hall–Kier alpha value is -1.35. The minimum Gasteiger partial charge on any atom is -0.349 e. The van der Waals surface area contributed by atoms with Crippen LogP contribution in [0.25, 0.3) is 0 Å². The normalized spacial score (nSPS) is 23.3. The summed E-state index contributed by atoms with van der Waals surface area (Å²) >= 11 is 0. The second kappa shape index (κ2) is 7.08. The summed E-state index contributed by atoms with van der Waals surface area (Å²) in [6, 6.07) is 8.70. The van der Waals surface area contributed by atoms with Gasteiger partial charge in [0.25, 0.3) is 0 Å². The Balaban J connectivity index is 1.93. The number of benzene rings is 1. The van der Waals surface area contributed by atoms with Crippen LogP contribution in [0.2, 0.25) is 0 Å². The van der Waals surface area contributed by atoms with Crippen LogP contribution in [-0.2, 0) is 11.2 Å². The Labute approximate surface area is 128 Å². The highest BCUT2D eigenvalue weighted by Crippen LogP contribution is 2.19. The van der Waals surface area contributed by atoms with Gasteiger partial charge in [-0.2, -0.15) is 0 Å². The lowest BCUT2D eigenvalue weighted by atomic mass is 9.96. The van der Waals surface area contributed by atoms with Crippen LogP contribution in [0.3, 0.4) is 0 Å². The van der Waals surface area contributed by atoms with Crippen molar-refractivity contribution in [3.05, 3.63) is 35.4 Å². The molecule has 1 aliphatic heterocycles. The summed E-state index contributed by atoms with van der Waals surface area (Å²) in [5.41, 5.74) is 2.54. The van der Waals surface area contributed by atoms with Gasteiger partial charge in [-0.15, -0.1) is 0 Å². The molecule has 2 rings (SSSR count). The Morgan fingerprint density at radius 3 is 2.43 bits per heavy atom. The van der Waals surface area contributed by atoms with Gasteiger partial charge in [0.1, 0.15) is 0 Å². The van der Waals surface area contributed by atoms with Crippen molar-refractivity contribution in [2.45, 2.75) is 40.2 Å².